The highest BCUT2D eigenvalue weighted by Crippen LogP contribution is 2.23. The van der Waals surface area contributed by atoms with Gasteiger partial charge in [0, 0.05) is 12.6 Å². The first-order chi connectivity index (χ1) is 6.16. The van der Waals surface area contributed by atoms with E-state index in [1.165, 1.54) is 0 Å². The summed E-state index contributed by atoms with van der Waals surface area (Å²) in [5, 5.41) is 0. The number of carbonyl (C=O) groups is 1. The van der Waals surface area contributed by atoms with Gasteiger partial charge in [0.25, 0.3) is 5.91 Å². The Balaban J connectivity index is 2.66. The molecule has 1 atom stereocenters. The molecule has 2 nitrogen and oxygen atoms in total. The van der Waals surface area contributed by atoms with E-state index in [1.807, 2.05) is 4.90 Å². The van der Waals surface area contributed by atoms with Crippen molar-refractivity contribution in [3.05, 3.63) is 0 Å². The summed E-state index contributed by atoms with van der Waals surface area (Å²) in [6, 6.07) is 0.411. The molecule has 0 spiro atoms. The van der Waals surface area contributed by atoms with Crippen molar-refractivity contribution in [3.8, 4) is 11.8 Å². The van der Waals surface area contributed by atoms with E-state index in [1.54, 1.807) is 6.92 Å². The van der Waals surface area contributed by atoms with Gasteiger partial charge in [0.2, 0.25) is 0 Å². The number of rotatable bonds is 1. The quantitative estimate of drug-likeness (QED) is 0.560. The minimum absolute atomic E-state index is 0.00120. The van der Waals surface area contributed by atoms with Crippen molar-refractivity contribution in [3.63, 3.8) is 0 Å². The second-order valence-corrected chi connectivity index (χ2v) is 3.83. The second-order valence-electron chi connectivity index (χ2n) is 3.83. The monoisotopic (exact) mass is 179 g/mol. The van der Waals surface area contributed by atoms with Crippen LogP contribution in [0.2, 0.25) is 0 Å². The number of nitrogens with zero attached hydrogens (tertiary/aromatic N) is 1. The summed E-state index contributed by atoms with van der Waals surface area (Å²) in [7, 11) is 0. The predicted molar refractivity (Wildman–Crippen MR) is 53.0 cm³/mol. The average molecular weight is 179 g/mol. The Kier molecular flexibility index (Phi) is 3.36. The molecule has 0 saturated carbocycles. The highest BCUT2D eigenvalue weighted by Gasteiger charge is 2.29. The summed E-state index contributed by atoms with van der Waals surface area (Å²) < 4.78 is 0. The van der Waals surface area contributed by atoms with Gasteiger partial charge >= 0.3 is 0 Å². The summed E-state index contributed by atoms with van der Waals surface area (Å²) in [4.78, 5) is 13.4. The molecule has 2 heteroatoms. The molecule has 0 aliphatic carbocycles. The van der Waals surface area contributed by atoms with Gasteiger partial charge in [0.05, 0.1) is 0 Å². The van der Waals surface area contributed by atoms with Crippen molar-refractivity contribution in [2.24, 2.45) is 5.92 Å². The molecule has 1 unspecified atom stereocenters. The molecule has 1 amide bonds. The maximum atomic E-state index is 11.5. The minimum Gasteiger partial charge on any atom is -0.329 e. The molecule has 1 fully saturated rings. The molecular formula is C11H17NO. The molecular weight excluding hydrogens is 162 g/mol. The Morgan fingerprint density at radius 1 is 1.54 bits per heavy atom. The zero-order chi connectivity index (χ0) is 9.84. The summed E-state index contributed by atoms with van der Waals surface area (Å²) >= 11 is 0. The van der Waals surface area contributed by atoms with Crippen molar-refractivity contribution >= 4 is 5.91 Å². The Bertz CT molecular complexity index is 247. The van der Waals surface area contributed by atoms with Crippen LogP contribution in [0.4, 0.5) is 0 Å². The van der Waals surface area contributed by atoms with E-state index in [-0.39, 0.29) is 5.91 Å². The average Bonchev–Trinajstić information content (AvgIpc) is 2.52. The molecule has 1 aliphatic heterocycles. The summed E-state index contributed by atoms with van der Waals surface area (Å²) in [6.07, 6.45) is 2.26. The maximum absolute atomic E-state index is 11.5. The van der Waals surface area contributed by atoms with Crippen molar-refractivity contribution in [2.75, 3.05) is 6.54 Å². The lowest BCUT2D eigenvalue weighted by molar-refractivity contribution is -0.126. The second kappa shape index (κ2) is 4.32. The van der Waals surface area contributed by atoms with Gasteiger partial charge in [-0.2, -0.15) is 0 Å². The maximum Gasteiger partial charge on any atom is 0.298 e. The van der Waals surface area contributed by atoms with Gasteiger partial charge in [-0.3, -0.25) is 4.79 Å². The van der Waals surface area contributed by atoms with Gasteiger partial charge in [-0.1, -0.05) is 19.8 Å². The van der Waals surface area contributed by atoms with E-state index >= 15 is 0 Å². The summed E-state index contributed by atoms with van der Waals surface area (Å²) in [5.74, 6) is 5.82. The lowest BCUT2D eigenvalue weighted by atomic mass is 10.0. The van der Waals surface area contributed by atoms with Gasteiger partial charge in [-0.15, -0.1) is 0 Å². The van der Waals surface area contributed by atoms with Crippen LogP contribution in [0.1, 0.15) is 33.6 Å². The van der Waals surface area contributed by atoms with Crippen molar-refractivity contribution < 1.29 is 4.79 Å². The number of hydrogen-bond acceptors (Lipinski definition) is 1. The van der Waals surface area contributed by atoms with Crippen LogP contribution >= 0.6 is 0 Å². The van der Waals surface area contributed by atoms with Gasteiger partial charge in [-0.05, 0) is 31.6 Å². The molecule has 1 saturated heterocycles. The molecule has 1 rings (SSSR count). The highest BCUT2D eigenvalue weighted by atomic mass is 16.2. The summed E-state index contributed by atoms with van der Waals surface area (Å²) in [6.45, 7) is 6.92. The van der Waals surface area contributed by atoms with Crippen LogP contribution in [-0.4, -0.2) is 23.4 Å². The Hall–Kier alpha value is -0.970. The molecule has 1 heterocycles. The topological polar surface area (TPSA) is 20.3 Å². The van der Waals surface area contributed by atoms with Crippen molar-refractivity contribution in [2.45, 2.75) is 39.7 Å². The van der Waals surface area contributed by atoms with Gasteiger partial charge in [0.15, 0.2) is 0 Å². The summed E-state index contributed by atoms with van der Waals surface area (Å²) in [5.41, 5.74) is 0. The first kappa shape index (κ1) is 10.1. The van der Waals surface area contributed by atoms with E-state index in [0.29, 0.717) is 12.0 Å². The molecule has 0 radical (unpaired) electrons. The number of likely N-dealkylation sites (tertiary alicyclic amines) is 1. The lowest BCUT2D eigenvalue weighted by Crippen LogP contribution is -2.37. The first-order valence-corrected chi connectivity index (χ1v) is 4.90. The molecule has 72 valence electrons. The normalized spacial score (nSPS) is 21.5. The number of amides is 1. The molecule has 0 aromatic carbocycles. The predicted octanol–water partition coefficient (Wildman–Crippen LogP) is 1.66. The Morgan fingerprint density at radius 3 is 2.77 bits per heavy atom. The van der Waals surface area contributed by atoms with Crippen LogP contribution in [0.3, 0.4) is 0 Å². The van der Waals surface area contributed by atoms with E-state index in [4.69, 9.17) is 0 Å². The SMILES string of the molecule is CC#CC(=O)N1CCCC1C(C)C. The van der Waals surface area contributed by atoms with E-state index in [9.17, 15) is 4.79 Å². The Morgan fingerprint density at radius 2 is 2.23 bits per heavy atom. The molecule has 13 heavy (non-hydrogen) atoms. The third kappa shape index (κ3) is 2.24. The Labute approximate surface area is 80.3 Å². The van der Waals surface area contributed by atoms with Gasteiger partial charge in [0.1, 0.15) is 0 Å². The van der Waals surface area contributed by atoms with Crippen LogP contribution in [-0.2, 0) is 4.79 Å². The van der Waals surface area contributed by atoms with Crippen LogP contribution in [0.25, 0.3) is 0 Å². The van der Waals surface area contributed by atoms with Crippen LogP contribution in [0.5, 0.6) is 0 Å². The third-order valence-electron chi connectivity index (χ3n) is 2.56. The van der Waals surface area contributed by atoms with Gasteiger partial charge < -0.3 is 4.90 Å². The first-order valence-electron chi connectivity index (χ1n) is 4.90. The number of hydrogen-bond donors (Lipinski definition) is 0. The highest BCUT2D eigenvalue weighted by molar-refractivity contribution is 5.93. The van der Waals surface area contributed by atoms with Crippen LogP contribution < -0.4 is 0 Å². The standard InChI is InChI=1S/C11H17NO/c1-4-6-11(13)12-8-5-7-10(12)9(2)3/h9-10H,5,7-8H2,1-3H3. The third-order valence-corrected chi connectivity index (χ3v) is 2.56. The smallest absolute Gasteiger partial charge is 0.298 e. The van der Waals surface area contributed by atoms with Crippen LogP contribution in [0.15, 0.2) is 0 Å². The van der Waals surface area contributed by atoms with Gasteiger partial charge in [-0.25, -0.2) is 0 Å². The lowest BCUT2D eigenvalue weighted by Gasteiger charge is -2.25. The van der Waals surface area contributed by atoms with E-state index < -0.39 is 0 Å². The molecule has 0 bridgehead atoms. The van der Waals surface area contributed by atoms with Crippen molar-refractivity contribution in [1.82, 2.24) is 4.90 Å². The fraction of sp³-hybridized carbons (Fsp3) is 0.727. The molecule has 1 aliphatic rings. The minimum atomic E-state index is -0.00120. The van der Waals surface area contributed by atoms with Crippen molar-refractivity contribution in [1.29, 1.82) is 0 Å². The van der Waals surface area contributed by atoms with Crippen LogP contribution in [0, 0.1) is 17.8 Å². The largest absolute Gasteiger partial charge is 0.329 e. The number of carbonyl (C=O) groups excluding carboxylic acids is 1. The molecule has 0 aromatic rings. The molecule has 0 N–H and O–H groups in total. The van der Waals surface area contributed by atoms with E-state index in [0.717, 1.165) is 19.4 Å². The zero-order valence-electron chi connectivity index (χ0n) is 8.63. The molecule has 0 aromatic heterocycles. The fourth-order valence-corrected chi connectivity index (χ4v) is 1.92. The fourth-order valence-electron chi connectivity index (χ4n) is 1.92. The zero-order valence-corrected chi connectivity index (χ0v) is 8.63. The van der Waals surface area contributed by atoms with E-state index in [2.05, 4.69) is 25.7 Å².